The van der Waals surface area contributed by atoms with Crippen molar-refractivity contribution in [1.82, 2.24) is 14.6 Å². The highest BCUT2D eigenvalue weighted by Gasteiger charge is 2.04. The summed E-state index contributed by atoms with van der Waals surface area (Å²) in [6.07, 6.45) is 2.43. The van der Waals surface area contributed by atoms with Crippen molar-refractivity contribution >= 4 is 27.5 Å². The maximum atomic E-state index is 13.5. The Kier molecular flexibility index (Phi) is 3.64. The van der Waals surface area contributed by atoms with Crippen molar-refractivity contribution in [2.24, 2.45) is 0 Å². The molecule has 3 rings (SSSR count). The smallest absolute Gasteiger partial charge is 0.243 e. The van der Waals surface area contributed by atoms with Gasteiger partial charge in [0.25, 0.3) is 0 Å². The molecule has 102 valence electrons. The molecule has 0 fully saturated rings. The van der Waals surface area contributed by atoms with E-state index in [1.54, 1.807) is 16.6 Å². The first-order chi connectivity index (χ1) is 9.72. The van der Waals surface area contributed by atoms with Gasteiger partial charge in [0, 0.05) is 17.2 Å². The quantitative estimate of drug-likeness (QED) is 0.796. The van der Waals surface area contributed by atoms with Crippen molar-refractivity contribution in [3.05, 3.63) is 58.4 Å². The van der Waals surface area contributed by atoms with Gasteiger partial charge in [-0.1, -0.05) is 18.2 Å². The minimum Gasteiger partial charge on any atom is -0.353 e. The second-order valence-corrected chi connectivity index (χ2v) is 5.27. The third-order valence-corrected chi connectivity index (χ3v) is 3.40. The van der Waals surface area contributed by atoms with Crippen LogP contribution in [0.3, 0.4) is 0 Å². The van der Waals surface area contributed by atoms with Crippen molar-refractivity contribution in [2.45, 2.75) is 6.42 Å². The predicted octanol–water partition coefficient (Wildman–Crippen LogP) is 3.29. The van der Waals surface area contributed by atoms with Crippen molar-refractivity contribution < 1.29 is 4.39 Å². The second-order valence-electron chi connectivity index (χ2n) is 4.35. The van der Waals surface area contributed by atoms with Crippen LogP contribution >= 0.6 is 15.9 Å². The van der Waals surface area contributed by atoms with E-state index in [9.17, 15) is 4.39 Å². The van der Waals surface area contributed by atoms with E-state index in [0.717, 1.165) is 10.1 Å². The largest absolute Gasteiger partial charge is 0.353 e. The highest BCUT2D eigenvalue weighted by Crippen LogP contribution is 2.12. The molecular formula is C14H12BrFN4. The Morgan fingerprint density at radius 1 is 1.20 bits per heavy atom. The third-order valence-electron chi connectivity index (χ3n) is 2.93. The van der Waals surface area contributed by atoms with Crippen molar-refractivity contribution in [1.29, 1.82) is 0 Å². The van der Waals surface area contributed by atoms with Gasteiger partial charge < -0.3 is 5.32 Å². The molecule has 0 atom stereocenters. The molecule has 6 heteroatoms. The van der Waals surface area contributed by atoms with Crippen LogP contribution in [-0.2, 0) is 6.42 Å². The van der Waals surface area contributed by atoms with E-state index in [2.05, 4.69) is 31.3 Å². The van der Waals surface area contributed by atoms with Crippen LogP contribution in [0.2, 0.25) is 0 Å². The number of benzene rings is 1. The summed E-state index contributed by atoms with van der Waals surface area (Å²) < 4.78 is 16.1. The molecule has 20 heavy (non-hydrogen) atoms. The Morgan fingerprint density at radius 2 is 2.05 bits per heavy atom. The lowest BCUT2D eigenvalue weighted by Crippen LogP contribution is -2.07. The number of aromatic nitrogens is 3. The summed E-state index contributed by atoms with van der Waals surface area (Å²) >= 11 is 3.38. The van der Waals surface area contributed by atoms with Crippen molar-refractivity contribution in [2.75, 3.05) is 11.9 Å². The van der Waals surface area contributed by atoms with Crippen LogP contribution in [0.1, 0.15) is 5.56 Å². The van der Waals surface area contributed by atoms with Gasteiger partial charge in [0.15, 0.2) is 5.65 Å². The SMILES string of the molecule is Fc1ccccc1CCNc1nc2ccc(Br)cn2n1. The zero-order valence-corrected chi connectivity index (χ0v) is 12.1. The van der Waals surface area contributed by atoms with Crippen LogP contribution in [0.4, 0.5) is 10.3 Å². The zero-order chi connectivity index (χ0) is 13.9. The van der Waals surface area contributed by atoms with Crippen LogP contribution in [0.15, 0.2) is 47.1 Å². The van der Waals surface area contributed by atoms with Gasteiger partial charge in [0.2, 0.25) is 5.95 Å². The summed E-state index contributed by atoms with van der Waals surface area (Å²) in [5, 5.41) is 7.40. The highest BCUT2D eigenvalue weighted by atomic mass is 79.9. The van der Waals surface area contributed by atoms with Crippen LogP contribution in [-0.4, -0.2) is 21.1 Å². The van der Waals surface area contributed by atoms with E-state index in [1.165, 1.54) is 6.07 Å². The molecule has 3 aromatic rings. The molecule has 4 nitrogen and oxygen atoms in total. The molecule has 0 spiro atoms. The van der Waals surface area contributed by atoms with E-state index < -0.39 is 0 Å². The Hall–Kier alpha value is -1.95. The highest BCUT2D eigenvalue weighted by molar-refractivity contribution is 9.10. The number of rotatable bonds is 4. The number of anilines is 1. The van der Waals surface area contributed by atoms with E-state index in [-0.39, 0.29) is 5.82 Å². The first kappa shape index (κ1) is 13.1. The van der Waals surface area contributed by atoms with Crippen LogP contribution in [0, 0.1) is 5.82 Å². The summed E-state index contributed by atoms with van der Waals surface area (Å²) in [5.74, 6) is 0.362. The minimum absolute atomic E-state index is 0.179. The van der Waals surface area contributed by atoms with Gasteiger partial charge in [-0.3, -0.25) is 0 Å². The third kappa shape index (κ3) is 2.80. The van der Waals surface area contributed by atoms with Gasteiger partial charge in [-0.2, -0.15) is 4.98 Å². The van der Waals surface area contributed by atoms with Crippen molar-refractivity contribution in [3.8, 4) is 0 Å². The molecule has 1 N–H and O–H groups in total. The van der Waals surface area contributed by atoms with Gasteiger partial charge in [0.05, 0.1) is 0 Å². The average molecular weight is 335 g/mol. The minimum atomic E-state index is -0.179. The van der Waals surface area contributed by atoms with Gasteiger partial charge in [0.1, 0.15) is 5.82 Å². The molecule has 0 saturated carbocycles. The predicted molar refractivity (Wildman–Crippen MR) is 79.3 cm³/mol. The number of fused-ring (bicyclic) bond motifs is 1. The maximum absolute atomic E-state index is 13.5. The molecule has 2 aromatic heterocycles. The summed E-state index contributed by atoms with van der Waals surface area (Å²) in [4.78, 5) is 4.33. The molecule has 0 aliphatic heterocycles. The van der Waals surface area contributed by atoms with Crippen LogP contribution in [0.25, 0.3) is 5.65 Å². The molecule has 0 aliphatic rings. The Labute approximate surface area is 123 Å². The molecule has 0 radical (unpaired) electrons. The van der Waals surface area contributed by atoms with E-state index in [4.69, 9.17) is 0 Å². The summed E-state index contributed by atoms with van der Waals surface area (Å²) in [6.45, 7) is 0.582. The van der Waals surface area contributed by atoms with E-state index >= 15 is 0 Å². The topological polar surface area (TPSA) is 42.2 Å². The van der Waals surface area contributed by atoms with Gasteiger partial charge in [-0.25, -0.2) is 8.91 Å². The maximum Gasteiger partial charge on any atom is 0.243 e. The lowest BCUT2D eigenvalue weighted by Gasteiger charge is -2.03. The summed E-state index contributed by atoms with van der Waals surface area (Å²) in [7, 11) is 0. The fraction of sp³-hybridized carbons (Fsp3) is 0.143. The molecule has 0 unspecified atom stereocenters. The monoisotopic (exact) mass is 334 g/mol. The molecule has 0 bridgehead atoms. The fourth-order valence-electron chi connectivity index (χ4n) is 1.94. The Balaban J connectivity index is 1.67. The number of hydrogen-bond donors (Lipinski definition) is 1. The fourth-order valence-corrected chi connectivity index (χ4v) is 2.27. The van der Waals surface area contributed by atoms with E-state index in [0.29, 0.717) is 24.5 Å². The normalized spacial score (nSPS) is 10.9. The van der Waals surface area contributed by atoms with Gasteiger partial charge >= 0.3 is 0 Å². The summed E-state index contributed by atoms with van der Waals surface area (Å²) in [5.41, 5.74) is 1.45. The standard InChI is InChI=1S/C14H12BrFN4/c15-11-5-6-13-18-14(19-20(13)9-11)17-8-7-10-3-1-2-4-12(10)16/h1-6,9H,7-8H2,(H,17,19). The second kappa shape index (κ2) is 5.58. The van der Waals surface area contributed by atoms with E-state index in [1.807, 2.05) is 24.4 Å². The van der Waals surface area contributed by atoms with Crippen LogP contribution < -0.4 is 5.32 Å². The number of nitrogens with one attached hydrogen (secondary N) is 1. The molecule has 0 amide bonds. The average Bonchev–Trinajstić information content (AvgIpc) is 2.83. The van der Waals surface area contributed by atoms with Gasteiger partial charge in [-0.05, 0) is 46.1 Å². The zero-order valence-electron chi connectivity index (χ0n) is 10.6. The molecule has 0 saturated heterocycles. The molecule has 2 heterocycles. The number of pyridine rings is 1. The molecule has 0 aliphatic carbocycles. The van der Waals surface area contributed by atoms with Crippen molar-refractivity contribution in [3.63, 3.8) is 0 Å². The lowest BCUT2D eigenvalue weighted by molar-refractivity contribution is 0.610. The first-order valence-corrected chi connectivity index (χ1v) is 7.01. The number of hydrogen-bond acceptors (Lipinski definition) is 3. The first-order valence-electron chi connectivity index (χ1n) is 6.21. The van der Waals surface area contributed by atoms with Crippen LogP contribution in [0.5, 0.6) is 0 Å². The molecular weight excluding hydrogens is 323 g/mol. The number of halogens is 2. The lowest BCUT2D eigenvalue weighted by atomic mass is 10.1. The molecule has 1 aromatic carbocycles. The Bertz CT molecular complexity index is 741. The van der Waals surface area contributed by atoms with Gasteiger partial charge in [-0.15, -0.1) is 5.10 Å². The Morgan fingerprint density at radius 3 is 2.90 bits per heavy atom. The number of nitrogens with zero attached hydrogens (tertiary/aromatic N) is 3. The summed E-state index contributed by atoms with van der Waals surface area (Å²) in [6, 6.07) is 10.6.